The van der Waals surface area contributed by atoms with Crippen molar-refractivity contribution in [3.05, 3.63) is 62.8 Å². The monoisotopic (exact) mass is 383 g/mol. The van der Waals surface area contributed by atoms with Crippen LogP contribution in [0.4, 0.5) is 0 Å². The molecule has 0 saturated carbocycles. The number of hydrogen-bond acceptors (Lipinski definition) is 4. The second kappa shape index (κ2) is 8.48. The van der Waals surface area contributed by atoms with Crippen LogP contribution in [0.5, 0.6) is 0 Å². The summed E-state index contributed by atoms with van der Waals surface area (Å²) < 4.78 is 1.73. The zero-order valence-electron chi connectivity index (χ0n) is 16.0. The van der Waals surface area contributed by atoms with Crippen molar-refractivity contribution in [1.29, 1.82) is 0 Å². The molecule has 1 unspecified atom stereocenters. The molecule has 27 heavy (non-hydrogen) atoms. The molecule has 3 rings (SSSR count). The molecule has 0 fully saturated rings. The molecule has 142 valence electrons. The Morgan fingerprint density at radius 2 is 1.96 bits per heavy atom. The highest BCUT2D eigenvalue weighted by Gasteiger charge is 2.26. The number of rotatable bonds is 7. The Morgan fingerprint density at radius 1 is 1.19 bits per heavy atom. The summed E-state index contributed by atoms with van der Waals surface area (Å²) in [6.45, 7) is 7.26. The van der Waals surface area contributed by atoms with Crippen molar-refractivity contribution in [3.63, 3.8) is 0 Å². The fourth-order valence-corrected chi connectivity index (χ4v) is 4.02. The second-order valence-electron chi connectivity index (χ2n) is 6.60. The third-order valence-corrected chi connectivity index (χ3v) is 5.49. The smallest absolute Gasteiger partial charge is 0.264 e. The van der Waals surface area contributed by atoms with Crippen LogP contribution in [0.2, 0.25) is 0 Å². The maximum Gasteiger partial charge on any atom is 0.264 e. The molecule has 5 nitrogen and oxygen atoms in total. The number of carbonyl (C=O) groups excluding carboxylic acids is 1. The first kappa shape index (κ1) is 19.3. The quantitative estimate of drug-likeness (QED) is 0.604. The van der Waals surface area contributed by atoms with Gasteiger partial charge < -0.3 is 4.90 Å². The van der Waals surface area contributed by atoms with E-state index in [1.54, 1.807) is 4.57 Å². The Labute approximate surface area is 163 Å². The lowest BCUT2D eigenvalue weighted by atomic mass is 10.2. The summed E-state index contributed by atoms with van der Waals surface area (Å²) in [6, 6.07) is 10.8. The first-order valence-electron chi connectivity index (χ1n) is 9.42. The second-order valence-corrected chi connectivity index (χ2v) is 7.54. The molecule has 0 N–H and O–H groups in total. The van der Waals surface area contributed by atoms with Gasteiger partial charge in [-0.2, -0.15) is 0 Å². The molecule has 2 heterocycles. The van der Waals surface area contributed by atoms with Crippen molar-refractivity contribution in [3.8, 4) is 0 Å². The first-order valence-corrected chi connectivity index (χ1v) is 10.3. The lowest BCUT2D eigenvalue weighted by molar-refractivity contribution is 0.0684. The van der Waals surface area contributed by atoms with E-state index in [0.29, 0.717) is 34.7 Å². The van der Waals surface area contributed by atoms with Gasteiger partial charge in [-0.05, 0) is 43.3 Å². The molecule has 0 radical (unpaired) electrons. The number of carbonyl (C=O) groups is 1. The average Bonchev–Trinajstić information content (AvgIpc) is 3.22. The third-order valence-electron chi connectivity index (χ3n) is 4.64. The fourth-order valence-electron chi connectivity index (χ4n) is 3.34. The van der Waals surface area contributed by atoms with Crippen molar-refractivity contribution in [2.75, 3.05) is 6.54 Å². The van der Waals surface area contributed by atoms with E-state index < -0.39 is 0 Å². The van der Waals surface area contributed by atoms with Gasteiger partial charge in [0.2, 0.25) is 0 Å². The van der Waals surface area contributed by atoms with Crippen LogP contribution in [0.25, 0.3) is 10.9 Å². The fraction of sp³-hybridized carbons (Fsp3) is 0.381. The summed E-state index contributed by atoms with van der Waals surface area (Å²) in [7, 11) is 0. The van der Waals surface area contributed by atoms with E-state index in [-0.39, 0.29) is 17.5 Å². The van der Waals surface area contributed by atoms with Crippen LogP contribution in [-0.4, -0.2) is 26.9 Å². The van der Waals surface area contributed by atoms with Crippen molar-refractivity contribution < 1.29 is 4.79 Å². The van der Waals surface area contributed by atoms with Crippen LogP contribution in [0.1, 0.15) is 55.2 Å². The molecule has 3 aromatic rings. The van der Waals surface area contributed by atoms with Crippen LogP contribution in [-0.2, 0) is 6.54 Å². The minimum absolute atomic E-state index is 0.00944. The number of benzene rings is 1. The SMILES string of the molecule is CCCN(C(=O)c1cccs1)C(C)c1nc2ccccc2c(=O)n1CCC. The lowest BCUT2D eigenvalue weighted by Gasteiger charge is -2.30. The summed E-state index contributed by atoms with van der Waals surface area (Å²) >= 11 is 1.44. The number of thiophene rings is 1. The number of nitrogens with zero attached hydrogens (tertiary/aromatic N) is 3. The first-order chi connectivity index (χ1) is 13.1. The van der Waals surface area contributed by atoms with Crippen LogP contribution in [0.15, 0.2) is 46.6 Å². The maximum absolute atomic E-state index is 13.0. The van der Waals surface area contributed by atoms with E-state index in [1.165, 1.54) is 11.3 Å². The van der Waals surface area contributed by atoms with Crippen LogP contribution < -0.4 is 5.56 Å². The number of amides is 1. The predicted molar refractivity (Wildman–Crippen MR) is 110 cm³/mol. The molecule has 0 aliphatic rings. The van der Waals surface area contributed by atoms with Gasteiger partial charge in [0.15, 0.2) is 0 Å². The Kier molecular flexibility index (Phi) is 6.06. The van der Waals surface area contributed by atoms with Gasteiger partial charge in [-0.3, -0.25) is 14.2 Å². The van der Waals surface area contributed by atoms with Crippen LogP contribution in [0.3, 0.4) is 0 Å². The molecule has 0 saturated heterocycles. The molecule has 1 amide bonds. The van der Waals surface area contributed by atoms with Crippen molar-refractivity contribution in [1.82, 2.24) is 14.5 Å². The van der Waals surface area contributed by atoms with Gasteiger partial charge in [0.1, 0.15) is 5.82 Å². The highest BCUT2D eigenvalue weighted by atomic mass is 32.1. The molecule has 0 aliphatic heterocycles. The van der Waals surface area contributed by atoms with E-state index >= 15 is 0 Å². The summed E-state index contributed by atoms with van der Waals surface area (Å²) in [4.78, 5) is 33.4. The van der Waals surface area contributed by atoms with Gasteiger partial charge >= 0.3 is 0 Å². The maximum atomic E-state index is 13.0. The summed E-state index contributed by atoms with van der Waals surface area (Å²) in [6.07, 6.45) is 1.67. The predicted octanol–water partition coefficient (Wildman–Crippen LogP) is 4.48. The highest BCUT2D eigenvalue weighted by molar-refractivity contribution is 7.12. The summed E-state index contributed by atoms with van der Waals surface area (Å²) in [5, 5.41) is 2.53. The van der Waals surface area contributed by atoms with E-state index in [9.17, 15) is 9.59 Å². The Morgan fingerprint density at radius 3 is 2.63 bits per heavy atom. The molecular weight excluding hydrogens is 358 g/mol. The number of hydrogen-bond donors (Lipinski definition) is 0. The molecule has 0 bridgehead atoms. The topological polar surface area (TPSA) is 55.2 Å². The molecule has 0 spiro atoms. The largest absolute Gasteiger partial charge is 0.328 e. The normalized spacial score (nSPS) is 12.3. The van der Waals surface area contributed by atoms with E-state index in [4.69, 9.17) is 4.98 Å². The van der Waals surface area contributed by atoms with E-state index in [1.807, 2.05) is 67.4 Å². The number of para-hydroxylation sites is 1. The van der Waals surface area contributed by atoms with E-state index in [0.717, 1.165) is 12.8 Å². The summed E-state index contributed by atoms with van der Waals surface area (Å²) in [5.41, 5.74) is 0.640. The number of fused-ring (bicyclic) bond motifs is 1. The van der Waals surface area contributed by atoms with Gasteiger partial charge in [0, 0.05) is 13.1 Å². The highest BCUT2D eigenvalue weighted by Crippen LogP contribution is 2.24. The standard InChI is InChI=1S/C21H25N3O2S/c1-4-12-23(21(26)18-11-8-14-27-18)15(3)19-22-17-10-7-6-9-16(17)20(25)24(19)13-5-2/h6-11,14-15H,4-5,12-13H2,1-3H3. The third kappa shape index (κ3) is 3.81. The average molecular weight is 384 g/mol. The van der Waals surface area contributed by atoms with Crippen LogP contribution >= 0.6 is 11.3 Å². The van der Waals surface area contributed by atoms with E-state index in [2.05, 4.69) is 0 Å². The molecule has 1 atom stereocenters. The Bertz CT molecular complexity index is 979. The summed E-state index contributed by atoms with van der Waals surface area (Å²) in [5.74, 6) is 0.642. The minimum Gasteiger partial charge on any atom is -0.328 e. The molecule has 0 aliphatic carbocycles. The lowest BCUT2D eigenvalue weighted by Crippen LogP contribution is -2.38. The van der Waals surface area contributed by atoms with Gasteiger partial charge in [-0.25, -0.2) is 4.98 Å². The van der Waals surface area contributed by atoms with Crippen molar-refractivity contribution >= 4 is 28.1 Å². The van der Waals surface area contributed by atoms with Crippen LogP contribution in [0, 0.1) is 0 Å². The van der Waals surface area contributed by atoms with Crippen molar-refractivity contribution in [2.24, 2.45) is 0 Å². The zero-order valence-corrected chi connectivity index (χ0v) is 16.8. The Hall–Kier alpha value is -2.47. The van der Waals surface area contributed by atoms with Gasteiger partial charge in [0.25, 0.3) is 11.5 Å². The van der Waals surface area contributed by atoms with Gasteiger partial charge in [-0.15, -0.1) is 11.3 Å². The molecule has 6 heteroatoms. The zero-order chi connectivity index (χ0) is 19.4. The minimum atomic E-state index is -0.289. The molecular formula is C21H25N3O2S. The Balaban J connectivity index is 2.11. The van der Waals surface area contributed by atoms with Gasteiger partial charge in [0.05, 0.1) is 21.8 Å². The molecule has 2 aromatic heterocycles. The van der Waals surface area contributed by atoms with Crippen molar-refractivity contribution in [2.45, 2.75) is 46.2 Å². The number of aromatic nitrogens is 2. The van der Waals surface area contributed by atoms with Gasteiger partial charge in [-0.1, -0.05) is 32.0 Å². The molecule has 1 aromatic carbocycles.